The Morgan fingerprint density at radius 1 is 1.29 bits per heavy atom. The molecule has 0 aromatic carbocycles. The Kier molecular flexibility index (Phi) is 5.72. The molecular weight excluding hydrogens is 404 g/mol. The van der Waals surface area contributed by atoms with Crippen LogP contribution < -0.4 is 9.64 Å². The lowest BCUT2D eigenvalue weighted by Gasteiger charge is -2.38. The highest BCUT2D eigenvalue weighted by atomic mass is 19.3. The number of hydrogen-bond donors (Lipinski definition) is 0. The molecule has 1 unspecified atom stereocenters. The Labute approximate surface area is 179 Å². The number of nitrogens with zero attached hydrogens (tertiary/aromatic N) is 5. The summed E-state index contributed by atoms with van der Waals surface area (Å²) in [6.45, 7) is 1.78. The van der Waals surface area contributed by atoms with Gasteiger partial charge in [0.05, 0.1) is 18.7 Å². The minimum atomic E-state index is -3.06. The summed E-state index contributed by atoms with van der Waals surface area (Å²) < 4.78 is 34.4. The molecule has 2 aliphatic rings. The number of hydrogen-bond acceptors (Lipinski definition) is 6. The van der Waals surface area contributed by atoms with Gasteiger partial charge in [-0.1, -0.05) is 0 Å². The molecule has 0 spiro atoms. The number of nitriles is 1. The fraction of sp³-hybridized carbons (Fsp3) is 0.455. The van der Waals surface area contributed by atoms with Gasteiger partial charge in [0.2, 0.25) is 11.8 Å². The van der Waals surface area contributed by atoms with E-state index >= 15 is 0 Å². The Balaban J connectivity index is 1.38. The number of methoxy groups -OCH3 is 1. The number of carbonyl (C=O) groups excluding carboxylic acids is 1. The molecule has 0 aliphatic carbocycles. The van der Waals surface area contributed by atoms with Crippen LogP contribution in [0, 0.1) is 17.2 Å². The van der Waals surface area contributed by atoms with Gasteiger partial charge in [0, 0.05) is 56.0 Å². The molecule has 2 aromatic heterocycles. The van der Waals surface area contributed by atoms with Crippen molar-refractivity contribution in [3.05, 3.63) is 47.8 Å². The summed E-state index contributed by atoms with van der Waals surface area (Å²) in [5.41, 5.74) is 0.340. The van der Waals surface area contributed by atoms with E-state index in [4.69, 9.17) is 10.00 Å². The van der Waals surface area contributed by atoms with Gasteiger partial charge in [-0.25, -0.2) is 18.7 Å². The number of carbonyl (C=O) groups is 1. The van der Waals surface area contributed by atoms with Crippen molar-refractivity contribution in [2.45, 2.75) is 31.2 Å². The number of aromatic nitrogens is 2. The third kappa shape index (κ3) is 4.29. The van der Waals surface area contributed by atoms with E-state index in [1.54, 1.807) is 12.1 Å². The number of alkyl halides is 2. The Morgan fingerprint density at radius 2 is 2.13 bits per heavy atom. The second-order valence-electron chi connectivity index (χ2n) is 7.91. The first-order valence-corrected chi connectivity index (χ1v) is 10.2. The highest BCUT2D eigenvalue weighted by molar-refractivity contribution is 5.82. The topological polar surface area (TPSA) is 82.4 Å². The number of rotatable bonds is 6. The number of halogens is 2. The van der Waals surface area contributed by atoms with Gasteiger partial charge < -0.3 is 14.5 Å². The van der Waals surface area contributed by atoms with Gasteiger partial charge in [0.1, 0.15) is 11.9 Å². The van der Waals surface area contributed by atoms with Crippen LogP contribution in [0.3, 0.4) is 0 Å². The molecule has 1 amide bonds. The van der Waals surface area contributed by atoms with Gasteiger partial charge >= 0.3 is 0 Å². The summed E-state index contributed by atoms with van der Waals surface area (Å²) in [4.78, 5) is 24.9. The molecule has 7 nitrogen and oxygen atoms in total. The van der Waals surface area contributed by atoms with Crippen LogP contribution in [0.1, 0.15) is 30.4 Å². The fourth-order valence-electron chi connectivity index (χ4n) is 4.35. The van der Waals surface area contributed by atoms with E-state index in [1.807, 2.05) is 11.0 Å². The summed E-state index contributed by atoms with van der Waals surface area (Å²) in [6.07, 6.45) is 3.10. The van der Waals surface area contributed by atoms with E-state index < -0.39 is 18.3 Å². The number of fused-ring (bicyclic) bond motifs is 1. The summed E-state index contributed by atoms with van der Waals surface area (Å²) in [5.74, 6) is -2.61. The van der Waals surface area contributed by atoms with Crippen molar-refractivity contribution >= 4 is 11.7 Å². The Hall–Kier alpha value is -3.28. The molecule has 0 bridgehead atoms. The lowest BCUT2D eigenvalue weighted by atomic mass is 9.94. The van der Waals surface area contributed by atoms with Gasteiger partial charge in [-0.2, -0.15) is 5.26 Å². The van der Waals surface area contributed by atoms with E-state index in [2.05, 4.69) is 14.9 Å². The number of piperazine rings is 1. The van der Waals surface area contributed by atoms with Crippen molar-refractivity contribution in [3.63, 3.8) is 0 Å². The quantitative estimate of drug-likeness (QED) is 0.705. The fourth-order valence-corrected chi connectivity index (χ4v) is 4.35. The molecule has 2 atom stereocenters. The maximum atomic E-state index is 14.7. The van der Waals surface area contributed by atoms with E-state index in [9.17, 15) is 13.6 Å². The van der Waals surface area contributed by atoms with Crippen LogP contribution in [0.25, 0.3) is 0 Å². The van der Waals surface area contributed by atoms with Crippen molar-refractivity contribution < 1.29 is 18.3 Å². The number of amides is 1. The smallest absolute Gasteiger partial charge is 0.273 e. The minimum Gasteiger partial charge on any atom is -0.481 e. The van der Waals surface area contributed by atoms with Gasteiger partial charge in [0.15, 0.2) is 0 Å². The zero-order valence-electron chi connectivity index (χ0n) is 17.2. The SMILES string of the molecule is COc1cc(C(F)(F)CCC2C[C@H]3CN(c4ccc(C#N)cn4)CCN3C2=O)ccn1. The molecule has 0 radical (unpaired) electrons. The third-order valence-corrected chi connectivity index (χ3v) is 6.05. The van der Waals surface area contributed by atoms with Gasteiger partial charge in [-0.05, 0) is 31.0 Å². The molecular formula is C22H23F2N5O2. The normalized spacial score (nSPS) is 21.0. The second-order valence-corrected chi connectivity index (χ2v) is 7.91. The van der Waals surface area contributed by atoms with Crippen LogP contribution in [0.2, 0.25) is 0 Å². The summed E-state index contributed by atoms with van der Waals surface area (Å²) in [7, 11) is 1.38. The molecule has 162 valence electrons. The molecule has 0 N–H and O–H groups in total. The van der Waals surface area contributed by atoms with Crippen LogP contribution in [0.15, 0.2) is 36.7 Å². The van der Waals surface area contributed by atoms with Crippen LogP contribution in [0.5, 0.6) is 5.88 Å². The van der Waals surface area contributed by atoms with Gasteiger partial charge in [-0.3, -0.25) is 4.79 Å². The monoisotopic (exact) mass is 427 g/mol. The lowest BCUT2D eigenvalue weighted by molar-refractivity contribution is -0.132. The van der Waals surface area contributed by atoms with Gasteiger partial charge in [-0.15, -0.1) is 0 Å². The van der Waals surface area contributed by atoms with Crippen LogP contribution in [0.4, 0.5) is 14.6 Å². The Bertz CT molecular complexity index is 992. The van der Waals surface area contributed by atoms with Crippen molar-refractivity contribution in [3.8, 4) is 11.9 Å². The second kappa shape index (κ2) is 8.46. The maximum Gasteiger partial charge on any atom is 0.273 e. The predicted molar refractivity (Wildman–Crippen MR) is 109 cm³/mol. The average Bonchev–Trinajstić information content (AvgIpc) is 3.12. The molecule has 4 rings (SSSR count). The van der Waals surface area contributed by atoms with Crippen molar-refractivity contribution in [1.29, 1.82) is 5.26 Å². The number of pyridine rings is 2. The first-order valence-electron chi connectivity index (χ1n) is 10.2. The predicted octanol–water partition coefficient (Wildman–Crippen LogP) is 2.97. The van der Waals surface area contributed by atoms with Crippen LogP contribution >= 0.6 is 0 Å². The average molecular weight is 427 g/mol. The third-order valence-electron chi connectivity index (χ3n) is 6.05. The van der Waals surface area contributed by atoms with E-state index in [-0.39, 0.29) is 29.8 Å². The van der Waals surface area contributed by atoms with E-state index in [0.717, 1.165) is 5.82 Å². The summed E-state index contributed by atoms with van der Waals surface area (Å²) >= 11 is 0. The molecule has 2 aromatic rings. The van der Waals surface area contributed by atoms with Crippen molar-refractivity contribution in [1.82, 2.24) is 14.9 Å². The molecule has 2 aliphatic heterocycles. The molecule has 31 heavy (non-hydrogen) atoms. The molecule has 0 saturated carbocycles. The van der Waals surface area contributed by atoms with Gasteiger partial charge in [0.25, 0.3) is 5.92 Å². The summed E-state index contributed by atoms with van der Waals surface area (Å²) in [6, 6.07) is 8.06. The van der Waals surface area contributed by atoms with E-state index in [1.165, 1.54) is 31.6 Å². The van der Waals surface area contributed by atoms with Crippen molar-refractivity contribution in [2.75, 3.05) is 31.6 Å². The minimum absolute atomic E-state index is 0.0154. The number of anilines is 1. The largest absolute Gasteiger partial charge is 0.481 e. The first kappa shape index (κ1) is 21.0. The molecule has 9 heteroatoms. The zero-order valence-corrected chi connectivity index (χ0v) is 17.2. The standard InChI is InChI=1S/C22H23F2N5O2/c1-31-20-11-17(5-7-26-20)22(23,24)6-4-16-10-18-14-28(8-9-29(18)21(16)30)19-3-2-15(12-25)13-27-19/h2-3,5,7,11,13,16,18H,4,6,8-10,14H2,1H3/t16?,18-/m0/s1. The maximum absolute atomic E-state index is 14.7. The molecule has 2 saturated heterocycles. The number of ether oxygens (including phenoxy) is 1. The van der Waals surface area contributed by atoms with Crippen molar-refractivity contribution in [2.24, 2.45) is 5.92 Å². The highest BCUT2D eigenvalue weighted by Crippen LogP contribution is 2.38. The molecule has 2 fully saturated rings. The zero-order chi connectivity index (χ0) is 22.0. The molecule has 4 heterocycles. The summed E-state index contributed by atoms with van der Waals surface area (Å²) in [5, 5.41) is 8.92. The highest BCUT2D eigenvalue weighted by Gasteiger charge is 2.44. The van der Waals surface area contributed by atoms with Crippen LogP contribution in [-0.4, -0.2) is 53.6 Å². The first-order chi connectivity index (χ1) is 14.9. The van der Waals surface area contributed by atoms with E-state index in [0.29, 0.717) is 31.6 Å². The Morgan fingerprint density at radius 3 is 2.84 bits per heavy atom. The van der Waals surface area contributed by atoms with Crippen LogP contribution in [-0.2, 0) is 10.7 Å². The lowest BCUT2D eigenvalue weighted by Crippen LogP contribution is -2.51.